The van der Waals surface area contributed by atoms with E-state index in [0.29, 0.717) is 6.61 Å². The van der Waals surface area contributed by atoms with Gasteiger partial charge in [0.05, 0.1) is 22.9 Å². The Balaban J connectivity index is 1.91. The van der Waals surface area contributed by atoms with Gasteiger partial charge in [-0.05, 0) is 31.7 Å². The monoisotopic (exact) mass is 390 g/mol. The highest BCUT2D eigenvalue weighted by molar-refractivity contribution is 7.20. The zero-order valence-electron chi connectivity index (χ0n) is 16.6. The highest BCUT2D eigenvalue weighted by atomic mass is 32.1. The number of nitrogens with one attached hydrogen (secondary N) is 1. The summed E-state index contributed by atoms with van der Waals surface area (Å²) in [7, 11) is 1.66. The molecule has 1 fully saturated rings. The smallest absolute Gasteiger partial charge is 0.262 e. The van der Waals surface area contributed by atoms with Crippen LogP contribution >= 0.6 is 11.3 Å². The Morgan fingerprint density at radius 1 is 1.26 bits per heavy atom. The molecule has 1 amide bonds. The number of hydrogen-bond donors (Lipinski definition) is 1. The molecule has 27 heavy (non-hydrogen) atoms. The Morgan fingerprint density at radius 3 is 2.63 bits per heavy atom. The van der Waals surface area contributed by atoms with Crippen molar-refractivity contribution in [3.63, 3.8) is 0 Å². The predicted octanol–water partition coefficient (Wildman–Crippen LogP) is 3.93. The number of methoxy groups -OCH3 is 1. The van der Waals surface area contributed by atoms with Crippen molar-refractivity contribution in [2.75, 3.05) is 31.7 Å². The van der Waals surface area contributed by atoms with E-state index in [2.05, 4.69) is 20.2 Å². The summed E-state index contributed by atoms with van der Waals surface area (Å²) in [4.78, 5) is 25.9. The Bertz CT molecular complexity index is 769. The van der Waals surface area contributed by atoms with Crippen LogP contribution in [0.5, 0.6) is 0 Å². The second-order valence-corrected chi connectivity index (χ2v) is 8.22. The van der Waals surface area contributed by atoms with Crippen LogP contribution in [0.4, 0.5) is 5.82 Å². The lowest BCUT2D eigenvalue weighted by molar-refractivity contribution is 0.0898. The lowest BCUT2D eigenvalue weighted by atomic mass is 10.1. The third-order valence-electron chi connectivity index (χ3n) is 5.26. The molecule has 0 saturated carbocycles. The van der Waals surface area contributed by atoms with Crippen LogP contribution in [0.3, 0.4) is 0 Å². The van der Waals surface area contributed by atoms with Crippen LogP contribution in [-0.2, 0) is 4.74 Å². The largest absolute Gasteiger partial charge is 0.383 e. The molecule has 1 saturated heterocycles. The Morgan fingerprint density at radius 2 is 1.96 bits per heavy atom. The average Bonchev–Trinajstić information content (AvgIpc) is 2.98. The van der Waals surface area contributed by atoms with Crippen LogP contribution in [-0.4, -0.2) is 48.7 Å². The topological polar surface area (TPSA) is 67.3 Å². The number of aryl methyl sites for hydroxylation is 1. The molecule has 1 aliphatic rings. The average molecular weight is 391 g/mol. The maximum atomic E-state index is 12.8. The molecule has 1 N–H and O–H groups in total. The number of anilines is 1. The molecule has 7 heteroatoms. The van der Waals surface area contributed by atoms with E-state index in [1.807, 2.05) is 13.8 Å². The summed E-state index contributed by atoms with van der Waals surface area (Å²) in [5.74, 6) is 0.941. The highest BCUT2D eigenvalue weighted by Gasteiger charge is 2.23. The van der Waals surface area contributed by atoms with E-state index in [4.69, 9.17) is 4.74 Å². The lowest BCUT2D eigenvalue weighted by Crippen LogP contribution is -2.37. The van der Waals surface area contributed by atoms with Gasteiger partial charge in [0.1, 0.15) is 17.0 Å². The van der Waals surface area contributed by atoms with E-state index >= 15 is 0 Å². The number of rotatable bonds is 6. The molecule has 3 rings (SSSR count). The lowest BCUT2D eigenvalue weighted by Gasteiger charge is -2.26. The number of nitrogens with zero attached hydrogens (tertiary/aromatic N) is 3. The molecular weight excluding hydrogens is 360 g/mol. The Hall–Kier alpha value is -1.73. The van der Waals surface area contributed by atoms with E-state index < -0.39 is 0 Å². The second-order valence-electron chi connectivity index (χ2n) is 7.22. The number of ether oxygens (including phenoxy) is 1. The van der Waals surface area contributed by atoms with Crippen molar-refractivity contribution in [2.45, 2.75) is 58.4 Å². The van der Waals surface area contributed by atoms with Crippen molar-refractivity contribution in [1.29, 1.82) is 0 Å². The highest BCUT2D eigenvalue weighted by Crippen LogP contribution is 2.35. The van der Waals surface area contributed by atoms with E-state index in [9.17, 15) is 4.79 Å². The van der Waals surface area contributed by atoms with Gasteiger partial charge in [-0.2, -0.15) is 0 Å². The van der Waals surface area contributed by atoms with Crippen molar-refractivity contribution in [1.82, 2.24) is 15.3 Å². The van der Waals surface area contributed by atoms with Crippen molar-refractivity contribution in [3.05, 3.63) is 16.8 Å². The fourth-order valence-electron chi connectivity index (χ4n) is 3.68. The van der Waals surface area contributed by atoms with Gasteiger partial charge in [-0.25, -0.2) is 9.97 Å². The molecule has 2 aromatic heterocycles. The molecule has 2 aromatic rings. The predicted molar refractivity (Wildman–Crippen MR) is 111 cm³/mol. The van der Waals surface area contributed by atoms with Crippen LogP contribution in [0.1, 0.15) is 60.7 Å². The first-order valence-corrected chi connectivity index (χ1v) is 10.8. The van der Waals surface area contributed by atoms with E-state index in [0.717, 1.165) is 46.0 Å². The van der Waals surface area contributed by atoms with Crippen molar-refractivity contribution in [3.8, 4) is 0 Å². The SMILES string of the molecule is CCC(COC)NC(=O)c1sc2ncnc(N3CCCCCCC3)c2c1C. The third kappa shape index (κ3) is 4.58. The third-order valence-corrected chi connectivity index (χ3v) is 6.46. The quantitative estimate of drug-likeness (QED) is 0.810. The number of carbonyl (C=O) groups excluding carboxylic acids is 1. The molecule has 0 aromatic carbocycles. The van der Waals surface area contributed by atoms with Gasteiger partial charge in [0, 0.05) is 20.2 Å². The van der Waals surface area contributed by atoms with Gasteiger partial charge in [-0.1, -0.05) is 26.2 Å². The van der Waals surface area contributed by atoms with Gasteiger partial charge < -0.3 is 15.0 Å². The fourth-order valence-corrected chi connectivity index (χ4v) is 4.73. The van der Waals surface area contributed by atoms with Gasteiger partial charge in [-0.3, -0.25) is 4.79 Å². The van der Waals surface area contributed by atoms with Crippen LogP contribution in [0.2, 0.25) is 0 Å². The summed E-state index contributed by atoms with van der Waals surface area (Å²) in [6.45, 7) is 6.63. The molecule has 1 aliphatic heterocycles. The summed E-state index contributed by atoms with van der Waals surface area (Å²) in [5, 5.41) is 4.12. The fraction of sp³-hybridized carbons (Fsp3) is 0.650. The number of amides is 1. The maximum Gasteiger partial charge on any atom is 0.262 e. The minimum absolute atomic E-state index is 0.0204. The summed E-state index contributed by atoms with van der Waals surface area (Å²) in [6, 6.07) is 0.0204. The van der Waals surface area contributed by atoms with E-state index in [1.165, 1.54) is 43.4 Å². The van der Waals surface area contributed by atoms with Gasteiger partial charge >= 0.3 is 0 Å². The first kappa shape index (κ1) is 20.0. The number of hydrogen-bond acceptors (Lipinski definition) is 6. The number of thiophene rings is 1. The zero-order valence-corrected chi connectivity index (χ0v) is 17.4. The van der Waals surface area contributed by atoms with Crippen molar-refractivity contribution in [2.24, 2.45) is 0 Å². The van der Waals surface area contributed by atoms with Crippen molar-refractivity contribution >= 4 is 33.3 Å². The van der Waals surface area contributed by atoms with Crippen LogP contribution in [0.25, 0.3) is 10.2 Å². The Labute approximate surface area is 165 Å². The van der Waals surface area contributed by atoms with E-state index in [1.54, 1.807) is 13.4 Å². The molecular formula is C20H30N4O2S. The summed E-state index contributed by atoms with van der Waals surface area (Å²) in [6.07, 6.45) is 8.73. The molecule has 6 nitrogen and oxygen atoms in total. The normalized spacial score (nSPS) is 16.8. The molecule has 0 spiro atoms. The van der Waals surface area contributed by atoms with Gasteiger partial charge in [-0.15, -0.1) is 11.3 Å². The first-order valence-electron chi connectivity index (χ1n) is 9.94. The Kier molecular flexibility index (Phi) is 7.01. The van der Waals surface area contributed by atoms with Crippen molar-refractivity contribution < 1.29 is 9.53 Å². The molecule has 148 valence electrons. The minimum Gasteiger partial charge on any atom is -0.383 e. The number of fused-ring (bicyclic) bond motifs is 1. The second kappa shape index (κ2) is 9.46. The molecule has 0 aliphatic carbocycles. The maximum absolute atomic E-state index is 12.8. The van der Waals surface area contributed by atoms with Crippen LogP contribution in [0.15, 0.2) is 6.33 Å². The first-order chi connectivity index (χ1) is 13.2. The standard InChI is InChI=1S/C20H30N4O2S/c1-4-15(12-26-3)23-19(25)17-14(2)16-18(21-13-22-20(16)27-17)24-10-8-6-5-7-9-11-24/h13,15H,4-12H2,1-3H3,(H,23,25). The summed E-state index contributed by atoms with van der Waals surface area (Å²) in [5.41, 5.74) is 0.984. The number of aromatic nitrogens is 2. The summed E-state index contributed by atoms with van der Waals surface area (Å²) < 4.78 is 5.20. The number of carbonyl (C=O) groups is 1. The van der Waals surface area contributed by atoms with Gasteiger partial charge in [0.25, 0.3) is 5.91 Å². The van der Waals surface area contributed by atoms with Gasteiger partial charge in [0.2, 0.25) is 0 Å². The molecule has 1 unspecified atom stereocenters. The molecule has 0 bridgehead atoms. The van der Waals surface area contributed by atoms with Gasteiger partial charge in [0.15, 0.2) is 0 Å². The van der Waals surface area contributed by atoms with Crippen LogP contribution < -0.4 is 10.2 Å². The zero-order chi connectivity index (χ0) is 19.2. The summed E-state index contributed by atoms with van der Waals surface area (Å²) >= 11 is 1.46. The van der Waals surface area contributed by atoms with E-state index in [-0.39, 0.29) is 11.9 Å². The molecule has 0 radical (unpaired) electrons. The minimum atomic E-state index is -0.0435. The van der Waals surface area contributed by atoms with Crippen LogP contribution in [0, 0.1) is 6.92 Å². The molecule has 3 heterocycles. The molecule has 1 atom stereocenters.